The fourth-order valence-electron chi connectivity index (χ4n) is 1.88. The van der Waals surface area contributed by atoms with E-state index in [1.165, 1.54) is 0 Å². The summed E-state index contributed by atoms with van der Waals surface area (Å²) in [6, 6.07) is 3.86. The van der Waals surface area contributed by atoms with Crippen molar-refractivity contribution in [3.63, 3.8) is 0 Å². The van der Waals surface area contributed by atoms with Crippen LogP contribution < -0.4 is 15.2 Å². The van der Waals surface area contributed by atoms with Gasteiger partial charge in [-0.1, -0.05) is 6.08 Å². The topological polar surface area (TPSA) is 44.5 Å². The number of nitrogens with two attached hydrogens (primary N) is 1. The quantitative estimate of drug-likeness (QED) is 0.771. The number of methoxy groups -OCH3 is 2. The Morgan fingerprint density at radius 2 is 1.82 bits per heavy atom. The summed E-state index contributed by atoms with van der Waals surface area (Å²) in [4.78, 5) is 0. The smallest absolute Gasteiger partial charge is 0.127 e. The van der Waals surface area contributed by atoms with E-state index in [0.717, 1.165) is 35.5 Å². The fourth-order valence-corrected chi connectivity index (χ4v) is 1.88. The highest BCUT2D eigenvalue weighted by molar-refractivity contribution is 5.49. The average Bonchev–Trinajstić information content (AvgIpc) is 2.34. The van der Waals surface area contributed by atoms with Gasteiger partial charge in [-0.3, -0.25) is 0 Å². The van der Waals surface area contributed by atoms with Gasteiger partial charge in [-0.15, -0.1) is 6.58 Å². The lowest BCUT2D eigenvalue weighted by atomic mass is 9.99. The van der Waals surface area contributed by atoms with Gasteiger partial charge < -0.3 is 15.2 Å². The predicted octanol–water partition coefficient (Wildman–Crippen LogP) is 2.98. The molecule has 0 unspecified atom stereocenters. The summed E-state index contributed by atoms with van der Waals surface area (Å²) in [5.74, 6) is 1.58. The number of benzene rings is 1. The minimum Gasteiger partial charge on any atom is -0.496 e. The van der Waals surface area contributed by atoms with E-state index in [9.17, 15) is 0 Å². The molecule has 0 aliphatic heterocycles. The second-order valence-electron chi connectivity index (χ2n) is 4.06. The zero-order valence-electron chi connectivity index (χ0n) is 10.8. The molecule has 0 aliphatic rings. The van der Waals surface area contributed by atoms with Gasteiger partial charge in [0.2, 0.25) is 0 Å². The first-order chi connectivity index (χ1) is 8.13. The minimum absolute atomic E-state index is 0.0986. The summed E-state index contributed by atoms with van der Waals surface area (Å²) in [6.45, 7) is 5.71. The molecule has 0 saturated heterocycles. The van der Waals surface area contributed by atoms with Crippen molar-refractivity contribution in [3.8, 4) is 11.5 Å². The van der Waals surface area contributed by atoms with Crippen molar-refractivity contribution in [2.24, 2.45) is 5.73 Å². The van der Waals surface area contributed by atoms with Gasteiger partial charge >= 0.3 is 0 Å². The van der Waals surface area contributed by atoms with Gasteiger partial charge in [0.15, 0.2) is 0 Å². The van der Waals surface area contributed by atoms with E-state index in [1.54, 1.807) is 14.2 Å². The van der Waals surface area contributed by atoms with Crippen LogP contribution in [-0.2, 0) is 0 Å². The lowest BCUT2D eigenvalue weighted by Gasteiger charge is -2.19. The lowest BCUT2D eigenvalue weighted by Crippen LogP contribution is -2.13. The van der Waals surface area contributed by atoms with Crippen LogP contribution >= 0.6 is 0 Å². The molecule has 0 aromatic heterocycles. The number of aryl methyl sites for hydroxylation is 1. The molecule has 1 atom stereocenters. The maximum atomic E-state index is 6.18. The molecule has 0 spiro atoms. The van der Waals surface area contributed by atoms with Gasteiger partial charge in [0, 0.05) is 6.04 Å². The summed E-state index contributed by atoms with van der Waals surface area (Å²) in [5.41, 5.74) is 8.20. The molecule has 2 N–H and O–H groups in total. The fraction of sp³-hybridized carbons (Fsp3) is 0.429. The number of ether oxygens (including phenoxy) is 2. The van der Waals surface area contributed by atoms with Gasteiger partial charge in [-0.2, -0.15) is 0 Å². The zero-order valence-corrected chi connectivity index (χ0v) is 10.8. The van der Waals surface area contributed by atoms with Crippen molar-refractivity contribution in [2.75, 3.05) is 14.2 Å². The second-order valence-corrected chi connectivity index (χ2v) is 4.06. The van der Waals surface area contributed by atoms with E-state index in [0.29, 0.717) is 0 Å². The molecule has 0 bridgehead atoms. The highest BCUT2D eigenvalue weighted by Gasteiger charge is 2.17. The van der Waals surface area contributed by atoms with Crippen LogP contribution in [0.3, 0.4) is 0 Å². The Morgan fingerprint density at radius 1 is 1.29 bits per heavy atom. The van der Waals surface area contributed by atoms with Crippen molar-refractivity contribution >= 4 is 0 Å². The van der Waals surface area contributed by atoms with Gasteiger partial charge in [0.1, 0.15) is 11.5 Å². The number of hydrogen-bond acceptors (Lipinski definition) is 3. The number of allylic oxidation sites excluding steroid dienone is 1. The third kappa shape index (κ3) is 3.24. The predicted molar refractivity (Wildman–Crippen MR) is 70.6 cm³/mol. The molecule has 1 aromatic carbocycles. The molecule has 1 aromatic rings. The SMILES string of the molecule is C=CCC[C@H](N)c1c(OC)cc(C)cc1OC. The molecule has 0 saturated carbocycles. The maximum Gasteiger partial charge on any atom is 0.127 e. The molecule has 0 fully saturated rings. The molecule has 0 radical (unpaired) electrons. The highest BCUT2D eigenvalue weighted by Crippen LogP contribution is 2.36. The number of rotatable bonds is 6. The van der Waals surface area contributed by atoms with Gasteiger partial charge in [0.05, 0.1) is 19.8 Å². The van der Waals surface area contributed by atoms with Gasteiger partial charge in [-0.25, -0.2) is 0 Å². The molecule has 3 heteroatoms. The van der Waals surface area contributed by atoms with Crippen LogP contribution in [0, 0.1) is 6.92 Å². The lowest BCUT2D eigenvalue weighted by molar-refractivity contribution is 0.376. The first-order valence-electron chi connectivity index (χ1n) is 5.73. The van der Waals surface area contributed by atoms with Gasteiger partial charge in [-0.05, 0) is 37.5 Å². The van der Waals surface area contributed by atoms with Crippen LogP contribution in [0.1, 0.15) is 30.0 Å². The molecular formula is C14H21NO2. The Labute approximate surface area is 103 Å². The first-order valence-corrected chi connectivity index (χ1v) is 5.73. The van der Waals surface area contributed by atoms with Crippen LogP contribution in [0.5, 0.6) is 11.5 Å². The first kappa shape index (κ1) is 13.6. The van der Waals surface area contributed by atoms with E-state index in [-0.39, 0.29) is 6.04 Å². The van der Waals surface area contributed by atoms with E-state index in [1.807, 2.05) is 25.1 Å². The number of hydrogen-bond donors (Lipinski definition) is 1. The van der Waals surface area contributed by atoms with Crippen LogP contribution in [0.25, 0.3) is 0 Å². The molecule has 0 amide bonds. The van der Waals surface area contributed by atoms with Gasteiger partial charge in [0.25, 0.3) is 0 Å². The van der Waals surface area contributed by atoms with Crippen LogP contribution in [0.4, 0.5) is 0 Å². The summed E-state index contributed by atoms with van der Waals surface area (Å²) < 4.78 is 10.8. The monoisotopic (exact) mass is 235 g/mol. The van der Waals surface area contributed by atoms with E-state index >= 15 is 0 Å². The largest absolute Gasteiger partial charge is 0.496 e. The average molecular weight is 235 g/mol. The Balaban J connectivity index is 3.13. The Morgan fingerprint density at radius 3 is 2.24 bits per heavy atom. The summed E-state index contributed by atoms with van der Waals surface area (Å²) in [7, 11) is 3.30. The van der Waals surface area contributed by atoms with E-state index in [2.05, 4.69) is 6.58 Å². The molecule has 17 heavy (non-hydrogen) atoms. The van der Waals surface area contributed by atoms with Crippen molar-refractivity contribution in [2.45, 2.75) is 25.8 Å². The molecular weight excluding hydrogens is 214 g/mol. The third-order valence-corrected chi connectivity index (χ3v) is 2.74. The molecule has 94 valence electrons. The third-order valence-electron chi connectivity index (χ3n) is 2.74. The normalized spacial score (nSPS) is 12.0. The van der Waals surface area contributed by atoms with Crippen LogP contribution in [-0.4, -0.2) is 14.2 Å². The highest BCUT2D eigenvalue weighted by atomic mass is 16.5. The van der Waals surface area contributed by atoms with Crippen LogP contribution in [0.2, 0.25) is 0 Å². The van der Waals surface area contributed by atoms with Crippen LogP contribution in [0.15, 0.2) is 24.8 Å². The Hall–Kier alpha value is -1.48. The zero-order chi connectivity index (χ0) is 12.8. The molecule has 3 nitrogen and oxygen atoms in total. The maximum absolute atomic E-state index is 6.18. The molecule has 1 rings (SSSR count). The summed E-state index contributed by atoms with van der Waals surface area (Å²) in [6.07, 6.45) is 3.58. The minimum atomic E-state index is -0.0986. The molecule has 0 aliphatic carbocycles. The Bertz CT molecular complexity index is 363. The van der Waals surface area contributed by atoms with Crippen molar-refractivity contribution in [1.82, 2.24) is 0 Å². The molecule has 0 heterocycles. The van der Waals surface area contributed by atoms with Crippen molar-refractivity contribution in [3.05, 3.63) is 35.9 Å². The Kier molecular flexibility index (Phi) is 5.04. The van der Waals surface area contributed by atoms with E-state index in [4.69, 9.17) is 15.2 Å². The van der Waals surface area contributed by atoms with Crippen molar-refractivity contribution < 1.29 is 9.47 Å². The van der Waals surface area contributed by atoms with Crippen molar-refractivity contribution in [1.29, 1.82) is 0 Å². The summed E-state index contributed by atoms with van der Waals surface area (Å²) >= 11 is 0. The summed E-state index contributed by atoms with van der Waals surface area (Å²) in [5, 5.41) is 0. The van der Waals surface area contributed by atoms with E-state index < -0.39 is 0 Å². The standard InChI is InChI=1S/C14H21NO2/c1-5-6-7-11(15)14-12(16-3)8-10(2)9-13(14)17-4/h5,8-9,11H,1,6-7,15H2,2-4H3/t11-/m0/s1. The second kappa shape index (κ2) is 6.30.